The van der Waals surface area contributed by atoms with Crippen molar-refractivity contribution in [1.29, 1.82) is 0 Å². The van der Waals surface area contributed by atoms with Crippen molar-refractivity contribution in [2.45, 2.75) is 13.2 Å². The lowest BCUT2D eigenvalue weighted by molar-refractivity contribution is 0.248. The molecule has 6 aromatic rings. The number of rotatable bonds is 8. The van der Waals surface area contributed by atoms with E-state index in [2.05, 4.69) is 30.0 Å². The number of piperazine rings is 1. The Hall–Kier alpha value is -5.05. The van der Waals surface area contributed by atoms with Crippen LogP contribution in [-0.2, 0) is 20.2 Å². The van der Waals surface area contributed by atoms with E-state index in [1.165, 1.54) is 17.1 Å². The summed E-state index contributed by atoms with van der Waals surface area (Å²) in [6, 6.07) is 7.79. The maximum atomic E-state index is 14.8. The van der Waals surface area contributed by atoms with Gasteiger partial charge in [-0.15, -0.1) is 0 Å². The van der Waals surface area contributed by atoms with E-state index in [9.17, 15) is 8.78 Å². The van der Waals surface area contributed by atoms with E-state index in [4.69, 9.17) is 14.9 Å². The van der Waals surface area contributed by atoms with Gasteiger partial charge >= 0.3 is 0 Å². The van der Waals surface area contributed by atoms with Crippen molar-refractivity contribution in [3.8, 4) is 17.2 Å². The molecule has 216 valence electrons. The van der Waals surface area contributed by atoms with Crippen LogP contribution in [0.15, 0.2) is 53.7 Å². The molecule has 15 heteroatoms. The minimum atomic E-state index is -0.766. The van der Waals surface area contributed by atoms with Crippen molar-refractivity contribution in [3.05, 3.63) is 66.7 Å². The highest BCUT2D eigenvalue weighted by molar-refractivity contribution is 5.90. The molecule has 13 nitrogen and oxygen atoms in total. The van der Waals surface area contributed by atoms with Crippen molar-refractivity contribution in [2.24, 2.45) is 7.05 Å². The van der Waals surface area contributed by atoms with Gasteiger partial charge in [0.25, 0.3) is 0 Å². The monoisotopic (exact) mass is 575 g/mol. The third-order valence-electron chi connectivity index (χ3n) is 7.35. The number of aromatic nitrogens is 8. The molecule has 7 rings (SSSR count). The molecule has 5 aromatic heterocycles. The van der Waals surface area contributed by atoms with Crippen molar-refractivity contribution >= 4 is 28.3 Å². The topological polar surface area (TPSA) is 134 Å². The lowest BCUT2D eigenvalue weighted by atomic mass is 10.2. The van der Waals surface area contributed by atoms with Gasteiger partial charge in [-0.1, -0.05) is 0 Å². The van der Waals surface area contributed by atoms with Crippen LogP contribution in [0.2, 0.25) is 0 Å². The van der Waals surface area contributed by atoms with Gasteiger partial charge in [0, 0.05) is 58.4 Å². The number of anilines is 2. The fraction of sp³-hybridized carbons (Fsp3) is 0.296. The Kier molecular flexibility index (Phi) is 6.42. The average molecular weight is 576 g/mol. The van der Waals surface area contributed by atoms with Crippen molar-refractivity contribution in [2.75, 3.05) is 43.4 Å². The van der Waals surface area contributed by atoms with Crippen LogP contribution in [0.25, 0.3) is 28.1 Å². The van der Waals surface area contributed by atoms with Gasteiger partial charge in [0.15, 0.2) is 28.8 Å². The number of hydrogen-bond donors (Lipinski definition) is 1. The van der Waals surface area contributed by atoms with E-state index in [-0.39, 0.29) is 18.3 Å². The Bertz CT molecular complexity index is 1870. The maximum Gasteiger partial charge on any atom is 0.223 e. The summed E-state index contributed by atoms with van der Waals surface area (Å²) in [5.74, 6) is -0.128. The molecule has 2 N–H and O–H groups in total. The molecule has 0 radical (unpaired) electrons. The number of nitrogens with zero attached hydrogens (tertiary/aromatic N) is 10. The molecule has 0 amide bonds. The zero-order chi connectivity index (χ0) is 28.8. The lowest BCUT2D eigenvalue weighted by Gasteiger charge is -2.36. The lowest BCUT2D eigenvalue weighted by Crippen LogP contribution is -2.47. The van der Waals surface area contributed by atoms with Gasteiger partial charge in [0.1, 0.15) is 35.5 Å². The molecule has 1 aliphatic rings. The quantitative estimate of drug-likeness (QED) is 0.289. The smallest absolute Gasteiger partial charge is 0.223 e. The van der Waals surface area contributed by atoms with Gasteiger partial charge in [-0.05, 0) is 18.2 Å². The third-order valence-corrected chi connectivity index (χ3v) is 7.35. The van der Waals surface area contributed by atoms with E-state index in [1.807, 2.05) is 21.6 Å². The van der Waals surface area contributed by atoms with E-state index < -0.39 is 11.6 Å². The average Bonchev–Trinajstić information content (AvgIpc) is 3.79. The number of ether oxygens (including phenoxy) is 1. The van der Waals surface area contributed by atoms with Gasteiger partial charge in [0.2, 0.25) is 5.95 Å². The molecule has 1 fully saturated rings. The standard InChI is InChI=1S/C27H27F2N11O2/c1-36-15-31-24(35-36)14-42-23-13-20(17(28)11-18(23)29)38-7-4-37(5-8-38)6-9-39-16-32-25-21-12-19(22-3-2-10-41-22)34-40(21)27(30)33-26(25)39/h2-3,10-13,15-16H,4-9,14H2,1H3,(H2,30,33). The number of nitrogen functional groups attached to an aromatic ring is 1. The summed E-state index contributed by atoms with van der Waals surface area (Å²) in [4.78, 5) is 17.4. The Labute approximate surface area is 237 Å². The van der Waals surface area contributed by atoms with Crippen LogP contribution in [0.5, 0.6) is 5.75 Å². The van der Waals surface area contributed by atoms with Crippen LogP contribution < -0.4 is 15.4 Å². The first-order chi connectivity index (χ1) is 20.4. The molecular formula is C27H27F2N11O2. The largest absolute Gasteiger partial charge is 0.482 e. The van der Waals surface area contributed by atoms with Crippen LogP contribution in [-0.4, -0.2) is 76.5 Å². The van der Waals surface area contributed by atoms with Crippen molar-refractivity contribution in [3.63, 3.8) is 0 Å². The molecule has 6 heterocycles. The molecule has 0 aliphatic carbocycles. The van der Waals surface area contributed by atoms with Crippen LogP contribution in [0.1, 0.15) is 5.82 Å². The molecule has 42 heavy (non-hydrogen) atoms. The minimum Gasteiger partial charge on any atom is -0.482 e. The van der Waals surface area contributed by atoms with Crippen LogP contribution >= 0.6 is 0 Å². The summed E-state index contributed by atoms with van der Waals surface area (Å²) in [5.41, 5.74) is 9.31. The number of imidazole rings is 1. The van der Waals surface area contributed by atoms with Crippen molar-refractivity contribution in [1.82, 2.24) is 43.8 Å². The fourth-order valence-electron chi connectivity index (χ4n) is 5.19. The third kappa shape index (κ3) is 4.76. The number of nitrogens with two attached hydrogens (primary N) is 1. The normalized spacial score (nSPS) is 14.4. The van der Waals surface area contributed by atoms with E-state index in [0.717, 1.165) is 18.1 Å². The van der Waals surface area contributed by atoms with Crippen LogP contribution in [0.3, 0.4) is 0 Å². The van der Waals surface area contributed by atoms with Gasteiger partial charge in [0.05, 0.1) is 18.3 Å². The highest BCUT2D eigenvalue weighted by Gasteiger charge is 2.23. The first-order valence-corrected chi connectivity index (χ1v) is 13.4. The number of halogens is 2. The summed E-state index contributed by atoms with van der Waals surface area (Å²) in [6.45, 7) is 3.91. The molecule has 0 saturated carbocycles. The number of furan rings is 1. The second-order valence-electron chi connectivity index (χ2n) is 10.1. The van der Waals surface area contributed by atoms with Crippen LogP contribution in [0, 0.1) is 11.6 Å². The Morgan fingerprint density at radius 3 is 2.62 bits per heavy atom. The predicted molar refractivity (Wildman–Crippen MR) is 149 cm³/mol. The summed E-state index contributed by atoms with van der Waals surface area (Å²) >= 11 is 0. The van der Waals surface area contributed by atoms with Crippen LogP contribution in [0.4, 0.5) is 20.4 Å². The van der Waals surface area contributed by atoms with E-state index >= 15 is 0 Å². The van der Waals surface area contributed by atoms with E-state index in [0.29, 0.717) is 66.9 Å². The predicted octanol–water partition coefficient (Wildman–Crippen LogP) is 2.73. The summed E-state index contributed by atoms with van der Waals surface area (Å²) in [5, 5.41) is 8.64. The summed E-state index contributed by atoms with van der Waals surface area (Å²) in [6.07, 6.45) is 4.88. The molecule has 1 aliphatic heterocycles. The Morgan fingerprint density at radius 2 is 1.86 bits per heavy atom. The van der Waals surface area contributed by atoms with E-state index in [1.54, 1.807) is 30.2 Å². The molecule has 0 bridgehead atoms. The second-order valence-corrected chi connectivity index (χ2v) is 10.1. The van der Waals surface area contributed by atoms with Gasteiger partial charge in [-0.3, -0.25) is 9.58 Å². The van der Waals surface area contributed by atoms with Gasteiger partial charge in [-0.25, -0.2) is 18.7 Å². The second kappa shape index (κ2) is 10.4. The number of benzene rings is 1. The SMILES string of the molecule is Cn1cnc(COc2cc(N3CCN(CCn4cnc5c4nc(N)n4nc(-c6ccco6)cc54)CC3)c(F)cc2F)n1. The fourth-order valence-corrected chi connectivity index (χ4v) is 5.19. The maximum absolute atomic E-state index is 14.8. The molecule has 0 unspecified atom stereocenters. The van der Waals surface area contributed by atoms with Gasteiger partial charge < -0.3 is 24.4 Å². The highest BCUT2D eigenvalue weighted by Crippen LogP contribution is 2.30. The Balaban J connectivity index is 1.01. The molecular weight excluding hydrogens is 548 g/mol. The number of aryl methyl sites for hydroxylation is 1. The first kappa shape index (κ1) is 25.9. The Morgan fingerprint density at radius 1 is 1.00 bits per heavy atom. The molecule has 0 atom stereocenters. The van der Waals surface area contributed by atoms with Gasteiger partial charge in [-0.2, -0.15) is 19.7 Å². The first-order valence-electron chi connectivity index (χ1n) is 13.4. The molecule has 1 aromatic carbocycles. The van der Waals surface area contributed by atoms with Crippen molar-refractivity contribution < 1.29 is 17.9 Å². The molecule has 1 saturated heterocycles. The zero-order valence-corrected chi connectivity index (χ0v) is 22.7. The zero-order valence-electron chi connectivity index (χ0n) is 22.7. The highest BCUT2D eigenvalue weighted by atomic mass is 19.1. The minimum absolute atomic E-state index is 0.0161. The summed E-state index contributed by atoms with van der Waals surface area (Å²) < 4.78 is 45.3. The number of hydrogen-bond acceptors (Lipinski definition) is 10. The summed E-state index contributed by atoms with van der Waals surface area (Å²) in [7, 11) is 1.73. The molecule has 0 spiro atoms. The number of fused-ring (bicyclic) bond motifs is 3.